The molecule has 3 rings (SSSR count). The van der Waals surface area contributed by atoms with Gasteiger partial charge in [-0.2, -0.15) is 0 Å². The minimum atomic E-state index is -0.144. The summed E-state index contributed by atoms with van der Waals surface area (Å²) in [5.74, 6) is 0.843. The largest absolute Gasteiger partial charge is 0.338 e. The molecule has 1 aromatic carbocycles. The molecule has 2 fully saturated rings. The van der Waals surface area contributed by atoms with E-state index in [1.807, 2.05) is 29.2 Å². The lowest BCUT2D eigenvalue weighted by Gasteiger charge is -2.21. The molecule has 0 spiro atoms. The number of urea groups is 1. The van der Waals surface area contributed by atoms with E-state index in [0.29, 0.717) is 18.9 Å². The number of benzene rings is 1. The predicted octanol–water partition coefficient (Wildman–Crippen LogP) is 3.51. The van der Waals surface area contributed by atoms with E-state index in [0.717, 1.165) is 30.8 Å². The van der Waals surface area contributed by atoms with Crippen molar-refractivity contribution in [3.05, 3.63) is 29.8 Å². The lowest BCUT2D eigenvalue weighted by Crippen LogP contribution is -2.33. The van der Waals surface area contributed by atoms with Crippen LogP contribution in [0.15, 0.2) is 24.3 Å². The van der Waals surface area contributed by atoms with Crippen LogP contribution < -0.4 is 10.6 Å². The molecular weight excluding hydrogens is 302 g/mol. The highest BCUT2D eigenvalue weighted by molar-refractivity contribution is 5.89. The lowest BCUT2D eigenvalue weighted by atomic mass is 9.89. The van der Waals surface area contributed by atoms with Crippen molar-refractivity contribution in [2.75, 3.05) is 18.4 Å². The third-order valence-electron chi connectivity index (χ3n) is 5.01. The predicted molar refractivity (Wildman–Crippen MR) is 94.7 cm³/mol. The second-order valence-corrected chi connectivity index (χ2v) is 6.96. The van der Waals surface area contributed by atoms with Gasteiger partial charge in [0, 0.05) is 31.7 Å². The van der Waals surface area contributed by atoms with Crippen LogP contribution in [0.5, 0.6) is 0 Å². The Hall–Kier alpha value is -2.04. The summed E-state index contributed by atoms with van der Waals surface area (Å²) in [5.41, 5.74) is 1.83. The van der Waals surface area contributed by atoms with Crippen molar-refractivity contribution in [1.82, 2.24) is 10.2 Å². The smallest absolute Gasteiger partial charge is 0.319 e. The van der Waals surface area contributed by atoms with Gasteiger partial charge in [0.15, 0.2) is 0 Å². The summed E-state index contributed by atoms with van der Waals surface area (Å²) in [6.07, 6.45) is 7.94. The molecule has 1 saturated heterocycles. The molecular formula is C19H27N3O2. The Morgan fingerprint density at radius 2 is 2.00 bits per heavy atom. The monoisotopic (exact) mass is 329 g/mol. The Labute approximate surface area is 143 Å². The summed E-state index contributed by atoms with van der Waals surface area (Å²) in [6.45, 7) is 2.21. The number of nitrogens with one attached hydrogen (secondary N) is 2. The second kappa shape index (κ2) is 8.18. The number of nitrogens with zero attached hydrogens (tertiary/aromatic N) is 1. The molecule has 0 unspecified atom stereocenters. The zero-order valence-electron chi connectivity index (χ0n) is 14.2. The molecule has 5 heteroatoms. The van der Waals surface area contributed by atoms with Crippen molar-refractivity contribution >= 4 is 17.6 Å². The molecule has 5 nitrogen and oxygen atoms in total. The van der Waals surface area contributed by atoms with Crippen molar-refractivity contribution in [3.8, 4) is 0 Å². The normalized spacial score (nSPS) is 18.7. The molecule has 0 aromatic heterocycles. The molecule has 1 aliphatic heterocycles. The van der Waals surface area contributed by atoms with Crippen LogP contribution in [-0.4, -0.2) is 29.9 Å². The number of amides is 3. The van der Waals surface area contributed by atoms with E-state index in [1.165, 1.54) is 32.1 Å². The van der Waals surface area contributed by atoms with E-state index in [1.54, 1.807) is 0 Å². The van der Waals surface area contributed by atoms with Crippen LogP contribution in [-0.2, 0) is 11.3 Å². The molecule has 24 heavy (non-hydrogen) atoms. The SMILES string of the molecule is O=C(NCC1CCCCC1)Nc1cccc(CN2CCCC2=O)c1. The van der Waals surface area contributed by atoms with Gasteiger partial charge in [0.25, 0.3) is 0 Å². The number of anilines is 1. The number of likely N-dealkylation sites (tertiary alicyclic amines) is 1. The highest BCUT2D eigenvalue weighted by Crippen LogP contribution is 2.22. The Balaban J connectivity index is 1.48. The van der Waals surface area contributed by atoms with Crippen molar-refractivity contribution in [3.63, 3.8) is 0 Å². The van der Waals surface area contributed by atoms with Crippen LogP contribution in [0.1, 0.15) is 50.5 Å². The first kappa shape index (κ1) is 16.8. The molecule has 1 saturated carbocycles. The average Bonchev–Trinajstić information content (AvgIpc) is 2.99. The number of hydrogen-bond acceptors (Lipinski definition) is 2. The lowest BCUT2D eigenvalue weighted by molar-refractivity contribution is -0.128. The third kappa shape index (κ3) is 4.73. The van der Waals surface area contributed by atoms with E-state index in [-0.39, 0.29) is 11.9 Å². The Morgan fingerprint density at radius 3 is 2.75 bits per heavy atom. The molecule has 2 aliphatic rings. The zero-order valence-corrected chi connectivity index (χ0v) is 14.2. The highest BCUT2D eigenvalue weighted by atomic mass is 16.2. The van der Waals surface area contributed by atoms with E-state index >= 15 is 0 Å². The van der Waals surface area contributed by atoms with Crippen LogP contribution in [0.25, 0.3) is 0 Å². The van der Waals surface area contributed by atoms with Gasteiger partial charge in [-0.3, -0.25) is 4.79 Å². The summed E-state index contributed by atoms with van der Waals surface area (Å²) in [5, 5.41) is 5.89. The van der Waals surface area contributed by atoms with Gasteiger partial charge in [-0.15, -0.1) is 0 Å². The first-order chi connectivity index (χ1) is 11.7. The fourth-order valence-electron chi connectivity index (χ4n) is 3.64. The van der Waals surface area contributed by atoms with Gasteiger partial charge < -0.3 is 15.5 Å². The van der Waals surface area contributed by atoms with Gasteiger partial charge in [-0.25, -0.2) is 4.79 Å². The fourth-order valence-corrected chi connectivity index (χ4v) is 3.64. The Kier molecular flexibility index (Phi) is 5.72. The van der Waals surface area contributed by atoms with Crippen molar-refractivity contribution in [2.45, 2.75) is 51.5 Å². The standard InChI is InChI=1S/C19H27N3O2/c23-18-10-5-11-22(18)14-16-8-4-9-17(12-16)21-19(24)20-13-15-6-2-1-3-7-15/h4,8-9,12,15H,1-3,5-7,10-11,13-14H2,(H2,20,21,24). The summed E-state index contributed by atoms with van der Waals surface area (Å²) in [7, 11) is 0. The second-order valence-electron chi connectivity index (χ2n) is 6.96. The molecule has 1 heterocycles. The summed E-state index contributed by atoms with van der Waals surface area (Å²) in [4.78, 5) is 25.7. The number of hydrogen-bond donors (Lipinski definition) is 2. The van der Waals surface area contributed by atoms with Gasteiger partial charge in [-0.1, -0.05) is 31.4 Å². The van der Waals surface area contributed by atoms with Crippen molar-refractivity contribution < 1.29 is 9.59 Å². The van der Waals surface area contributed by atoms with E-state index in [9.17, 15) is 9.59 Å². The maximum Gasteiger partial charge on any atom is 0.319 e. The van der Waals surface area contributed by atoms with Crippen molar-refractivity contribution in [2.24, 2.45) is 5.92 Å². The molecule has 0 radical (unpaired) electrons. The van der Waals surface area contributed by atoms with Crippen LogP contribution in [0, 0.1) is 5.92 Å². The van der Waals surface area contributed by atoms with Gasteiger partial charge in [-0.05, 0) is 42.9 Å². The first-order valence-corrected chi connectivity index (χ1v) is 9.12. The van der Waals surface area contributed by atoms with Gasteiger partial charge in [0.1, 0.15) is 0 Å². The molecule has 1 aromatic rings. The maximum atomic E-state index is 12.1. The van der Waals surface area contributed by atoms with Crippen LogP contribution in [0.4, 0.5) is 10.5 Å². The summed E-state index contributed by atoms with van der Waals surface area (Å²) in [6, 6.07) is 7.61. The molecule has 0 bridgehead atoms. The first-order valence-electron chi connectivity index (χ1n) is 9.12. The topological polar surface area (TPSA) is 61.4 Å². The fraction of sp³-hybridized carbons (Fsp3) is 0.579. The number of carbonyl (C=O) groups excluding carboxylic acids is 2. The molecule has 0 atom stereocenters. The minimum absolute atomic E-state index is 0.144. The van der Waals surface area contributed by atoms with E-state index in [4.69, 9.17) is 0 Å². The van der Waals surface area contributed by atoms with Gasteiger partial charge in [0.05, 0.1) is 0 Å². The number of rotatable bonds is 5. The van der Waals surface area contributed by atoms with Gasteiger partial charge >= 0.3 is 6.03 Å². The zero-order chi connectivity index (χ0) is 16.8. The van der Waals surface area contributed by atoms with E-state index in [2.05, 4.69) is 10.6 Å². The molecule has 3 amide bonds. The summed E-state index contributed by atoms with van der Waals surface area (Å²) >= 11 is 0. The van der Waals surface area contributed by atoms with Gasteiger partial charge in [0.2, 0.25) is 5.91 Å². The average molecular weight is 329 g/mol. The maximum absolute atomic E-state index is 12.1. The highest BCUT2D eigenvalue weighted by Gasteiger charge is 2.20. The molecule has 1 aliphatic carbocycles. The number of carbonyl (C=O) groups is 2. The summed E-state index contributed by atoms with van der Waals surface area (Å²) < 4.78 is 0. The van der Waals surface area contributed by atoms with Crippen LogP contribution in [0.3, 0.4) is 0 Å². The Morgan fingerprint density at radius 1 is 1.17 bits per heavy atom. The quantitative estimate of drug-likeness (QED) is 0.868. The molecule has 130 valence electrons. The van der Waals surface area contributed by atoms with Crippen molar-refractivity contribution in [1.29, 1.82) is 0 Å². The van der Waals surface area contributed by atoms with Crippen LogP contribution >= 0.6 is 0 Å². The Bertz CT molecular complexity index is 582. The molecule has 2 N–H and O–H groups in total. The minimum Gasteiger partial charge on any atom is -0.338 e. The third-order valence-corrected chi connectivity index (χ3v) is 5.01. The van der Waals surface area contributed by atoms with E-state index < -0.39 is 0 Å². The van der Waals surface area contributed by atoms with Crippen LogP contribution in [0.2, 0.25) is 0 Å².